The van der Waals surface area contributed by atoms with Gasteiger partial charge in [-0.15, -0.1) is 0 Å². The number of carbonyl (C=O) groups excluding carboxylic acids is 1. The molecular formula is C17H31NO3S2. The Morgan fingerprint density at radius 2 is 1.48 bits per heavy atom. The second-order valence-corrected chi connectivity index (χ2v) is 6.88. The normalized spacial score (nSPS) is 10.5. The van der Waals surface area contributed by atoms with E-state index in [0.717, 1.165) is 18.8 Å². The summed E-state index contributed by atoms with van der Waals surface area (Å²) in [7, 11) is 0. The van der Waals surface area contributed by atoms with Crippen LogP contribution in [0.5, 0.6) is 0 Å². The largest absolute Gasteiger partial charge is 0.379 e. The predicted octanol–water partition coefficient (Wildman–Crippen LogP) is 4.87. The van der Waals surface area contributed by atoms with Gasteiger partial charge in [0.25, 0.3) is 0 Å². The van der Waals surface area contributed by atoms with Crippen LogP contribution >= 0.6 is 24.0 Å². The molecule has 0 rings (SSSR count). The summed E-state index contributed by atoms with van der Waals surface area (Å²) >= 11 is 5.88. The number of aliphatic imine (C=N–C) groups is 1. The lowest BCUT2D eigenvalue weighted by Gasteiger charge is -2.04. The highest BCUT2D eigenvalue weighted by molar-refractivity contribution is 8.13. The number of hydrogen-bond acceptors (Lipinski definition) is 6. The molecule has 0 saturated heterocycles. The first kappa shape index (κ1) is 22.7. The Labute approximate surface area is 150 Å². The highest BCUT2D eigenvalue weighted by atomic mass is 32.2. The van der Waals surface area contributed by atoms with Crippen LogP contribution in [0.2, 0.25) is 0 Å². The van der Waals surface area contributed by atoms with E-state index in [-0.39, 0.29) is 11.8 Å². The van der Waals surface area contributed by atoms with Gasteiger partial charge in [-0.2, -0.15) is 0 Å². The van der Waals surface area contributed by atoms with Crippen molar-refractivity contribution in [3.05, 3.63) is 0 Å². The lowest BCUT2D eigenvalue weighted by atomic mass is 10.1. The van der Waals surface area contributed by atoms with Gasteiger partial charge in [0.05, 0.1) is 18.4 Å². The number of carbonyl (C=O) groups is 1. The summed E-state index contributed by atoms with van der Waals surface area (Å²) in [5, 5.41) is 2.49. The highest BCUT2D eigenvalue weighted by Gasteiger charge is 1.96. The summed E-state index contributed by atoms with van der Waals surface area (Å²) < 4.78 is 10.6. The molecule has 0 spiro atoms. The van der Waals surface area contributed by atoms with Gasteiger partial charge in [-0.25, -0.2) is 4.99 Å². The molecule has 0 unspecified atom stereocenters. The van der Waals surface area contributed by atoms with Crippen LogP contribution in [0.3, 0.4) is 0 Å². The Bertz CT molecular complexity index is 305. The molecule has 134 valence electrons. The number of thiocarbonyl (C=S) groups is 1. The molecule has 0 aromatic heterocycles. The first-order chi connectivity index (χ1) is 11.3. The average Bonchev–Trinajstić information content (AvgIpc) is 2.53. The molecular weight excluding hydrogens is 330 g/mol. The molecule has 0 N–H and O–H groups in total. The summed E-state index contributed by atoms with van der Waals surface area (Å²) in [6.07, 6.45) is 11.4. The van der Waals surface area contributed by atoms with Gasteiger partial charge in [-0.3, -0.25) is 4.79 Å². The van der Waals surface area contributed by atoms with Gasteiger partial charge in [0.1, 0.15) is 6.73 Å². The molecule has 0 fully saturated rings. The summed E-state index contributed by atoms with van der Waals surface area (Å²) in [5.74, 6) is 0.986. The van der Waals surface area contributed by atoms with Crippen LogP contribution in [0.15, 0.2) is 4.99 Å². The minimum atomic E-state index is 0.238. The fourth-order valence-electron chi connectivity index (χ4n) is 2.12. The Kier molecular flexibility index (Phi) is 19.6. The Morgan fingerprint density at radius 3 is 2.09 bits per heavy atom. The molecule has 23 heavy (non-hydrogen) atoms. The van der Waals surface area contributed by atoms with E-state index in [0.29, 0.717) is 13.2 Å². The van der Waals surface area contributed by atoms with Gasteiger partial charge in [0.2, 0.25) is 0 Å². The molecule has 0 atom stereocenters. The van der Waals surface area contributed by atoms with Crippen LogP contribution in [0, 0.1) is 0 Å². The van der Waals surface area contributed by atoms with Gasteiger partial charge in [-0.1, -0.05) is 56.7 Å². The van der Waals surface area contributed by atoms with Crippen molar-refractivity contribution >= 4 is 34.3 Å². The van der Waals surface area contributed by atoms with Gasteiger partial charge < -0.3 is 9.47 Å². The third-order valence-corrected chi connectivity index (χ3v) is 4.36. The van der Waals surface area contributed by atoms with E-state index in [9.17, 15) is 4.79 Å². The van der Waals surface area contributed by atoms with Crippen LogP contribution in [0.1, 0.15) is 64.7 Å². The molecule has 0 aliphatic rings. The first-order valence-electron chi connectivity index (χ1n) is 8.60. The van der Waals surface area contributed by atoms with E-state index in [4.69, 9.17) is 9.47 Å². The van der Waals surface area contributed by atoms with E-state index in [1.165, 1.54) is 63.1 Å². The summed E-state index contributed by atoms with van der Waals surface area (Å²) in [4.78, 5) is 14.4. The third-order valence-electron chi connectivity index (χ3n) is 3.33. The van der Waals surface area contributed by atoms with E-state index in [2.05, 4.69) is 22.4 Å². The van der Waals surface area contributed by atoms with E-state index >= 15 is 0 Å². The lowest BCUT2D eigenvalue weighted by Crippen LogP contribution is -2.05. The molecule has 0 saturated carbocycles. The maximum Gasteiger partial charge on any atom is 0.185 e. The molecule has 6 heteroatoms. The molecule has 0 amide bonds. The standard InChI is InChI=1S/C17H31NO3S2/c1-17(19)23-14-10-8-6-4-2-3-5-7-9-11-20-12-13-21-15-18-16-22/h2-15H2,1H3. The van der Waals surface area contributed by atoms with Crippen molar-refractivity contribution in [3.8, 4) is 0 Å². The Hall–Kier alpha value is -0.260. The summed E-state index contributed by atoms with van der Waals surface area (Å²) in [6, 6.07) is 0. The number of hydrogen-bond donors (Lipinski definition) is 0. The number of nitrogens with zero attached hydrogens (tertiary/aromatic N) is 1. The fraction of sp³-hybridized carbons (Fsp3) is 0.882. The minimum absolute atomic E-state index is 0.238. The highest BCUT2D eigenvalue weighted by Crippen LogP contribution is 2.12. The van der Waals surface area contributed by atoms with E-state index in [1.54, 1.807) is 6.92 Å². The van der Waals surface area contributed by atoms with E-state index < -0.39 is 0 Å². The van der Waals surface area contributed by atoms with Crippen molar-refractivity contribution in [1.82, 2.24) is 0 Å². The van der Waals surface area contributed by atoms with Crippen molar-refractivity contribution in [1.29, 1.82) is 0 Å². The maximum atomic E-state index is 10.8. The molecule has 0 bridgehead atoms. The molecule has 0 aliphatic heterocycles. The van der Waals surface area contributed by atoms with Crippen LogP contribution in [-0.2, 0) is 14.3 Å². The zero-order chi connectivity index (χ0) is 17.0. The number of rotatable bonds is 17. The molecule has 0 radical (unpaired) electrons. The summed E-state index contributed by atoms with van der Waals surface area (Å²) in [6.45, 7) is 3.91. The Balaban J connectivity index is 3.00. The number of ether oxygens (including phenoxy) is 2. The Morgan fingerprint density at radius 1 is 0.913 bits per heavy atom. The van der Waals surface area contributed by atoms with Crippen molar-refractivity contribution in [2.75, 3.05) is 32.3 Å². The van der Waals surface area contributed by atoms with Crippen LogP contribution in [0.4, 0.5) is 0 Å². The average molecular weight is 362 g/mol. The first-order valence-corrected chi connectivity index (χ1v) is 9.99. The molecule has 4 nitrogen and oxygen atoms in total. The molecule has 0 aromatic carbocycles. The zero-order valence-electron chi connectivity index (χ0n) is 14.4. The van der Waals surface area contributed by atoms with Crippen molar-refractivity contribution < 1.29 is 14.3 Å². The van der Waals surface area contributed by atoms with Gasteiger partial charge in [0, 0.05) is 19.3 Å². The van der Waals surface area contributed by atoms with Crippen LogP contribution in [-0.4, -0.2) is 42.6 Å². The van der Waals surface area contributed by atoms with Crippen molar-refractivity contribution in [2.24, 2.45) is 4.99 Å². The van der Waals surface area contributed by atoms with Gasteiger partial charge in [0.15, 0.2) is 5.12 Å². The molecule has 0 aromatic rings. The molecule has 0 aliphatic carbocycles. The second kappa shape index (κ2) is 19.8. The van der Waals surface area contributed by atoms with Crippen molar-refractivity contribution in [2.45, 2.75) is 64.7 Å². The topological polar surface area (TPSA) is 47.9 Å². The number of isothiocyanates is 1. The smallest absolute Gasteiger partial charge is 0.185 e. The molecule has 0 heterocycles. The van der Waals surface area contributed by atoms with Gasteiger partial charge >= 0.3 is 0 Å². The third kappa shape index (κ3) is 21.7. The second-order valence-electron chi connectivity index (χ2n) is 5.42. The summed E-state index contributed by atoms with van der Waals surface area (Å²) in [5.41, 5.74) is 0. The minimum Gasteiger partial charge on any atom is -0.379 e. The number of unbranched alkanes of at least 4 members (excludes halogenated alkanes) is 8. The quantitative estimate of drug-likeness (QED) is 0.210. The van der Waals surface area contributed by atoms with E-state index in [1.807, 2.05) is 0 Å². The maximum absolute atomic E-state index is 10.8. The monoisotopic (exact) mass is 361 g/mol. The lowest BCUT2D eigenvalue weighted by molar-refractivity contribution is -0.109. The number of thioether (sulfide) groups is 1. The SMILES string of the molecule is CC(=O)SCCCCCCCCCCCOCCOCN=C=S. The van der Waals surface area contributed by atoms with Crippen LogP contribution < -0.4 is 0 Å². The van der Waals surface area contributed by atoms with Gasteiger partial charge in [-0.05, 0) is 25.1 Å². The fourth-order valence-corrected chi connectivity index (χ4v) is 2.80. The zero-order valence-corrected chi connectivity index (χ0v) is 16.0. The predicted molar refractivity (Wildman–Crippen MR) is 101 cm³/mol. The van der Waals surface area contributed by atoms with Crippen LogP contribution in [0.25, 0.3) is 0 Å². The van der Waals surface area contributed by atoms with Crippen molar-refractivity contribution in [3.63, 3.8) is 0 Å².